The van der Waals surface area contributed by atoms with E-state index in [4.69, 9.17) is 27.9 Å². The number of carbonyl (C=O) groups is 1. The maximum Gasteiger partial charge on any atom is 0.255 e. The second-order valence-electron chi connectivity index (χ2n) is 7.22. The van der Waals surface area contributed by atoms with E-state index in [9.17, 15) is 17.6 Å². The number of benzene rings is 3. The molecule has 11 heteroatoms. The van der Waals surface area contributed by atoms with Crippen molar-refractivity contribution in [1.82, 2.24) is 9.73 Å². The molecular weight excluding hydrogens is 516 g/mol. The first-order valence-corrected chi connectivity index (χ1v) is 12.6. The van der Waals surface area contributed by atoms with Gasteiger partial charge in [0.15, 0.2) is 0 Å². The summed E-state index contributed by atoms with van der Waals surface area (Å²) in [4.78, 5) is 12.5. The fourth-order valence-electron chi connectivity index (χ4n) is 3.03. The molecule has 0 saturated heterocycles. The Bertz CT molecular complexity index is 1280. The van der Waals surface area contributed by atoms with Crippen molar-refractivity contribution in [2.75, 3.05) is 13.2 Å². The summed E-state index contributed by atoms with van der Waals surface area (Å²) >= 11 is 12.0. The maximum atomic E-state index is 14.4. The van der Waals surface area contributed by atoms with Gasteiger partial charge in [0.2, 0.25) is 10.0 Å². The summed E-state index contributed by atoms with van der Waals surface area (Å²) in [7, 11) is -4.21. The van der Waals surface area contributed by atoms with Crippen molar-refractivity contribution in [2.24, 2.45) is 5.10 Å². The summed E-state index contributed by atoms with van der Waals surface area (Å²) in [5, 5.41) is 4.25. The number of amides is 1. The molecule has 0 aliphatic heterocycles. The molecule has 7 nitrogen and oxygen atoms in total. The van der Waals surface area contributed by atoms with Gasteiger partial charge in [-0.25, -0.2) is 18.2 Å². The maximum absolute atomic E-state index is 14.4. The molecule has 0 aromatic heterocycles. The monoisotopic (exact) mass is 537 g/mol. The lowest BCUT2D eigenvalue weighted by atomic mass is 10.2. The molecule has 184 valence electrons. The van der Waals surface area contributed by atoms with Crippen LogP contribution < -0.4 is 10.2 Å². The fraction of sp³-hybridized carbons (Fsp3) is 0.167. The highest BCUT2D eigenvalue weighted by Gasteiger charge is 2.28. The molecule has 0 aliphatic carbocycles. The van der Waals surface area contributed by atoms with Crippen LogP contribution in [0.4, 0.5) is 4.39 Å². The Kier molecular flexibility index (Phi) is 9.22. The summed E-state index contributed by atoms with van der Waals surface area (Å²) in [6.45, 7) is 1.32. The molecule has 0 radical (unpaired) electrons. The summed E-state index contributed by atoms with van der Waals surface area (Å²) in [5.74, 6) is -0.719. The van der Waals surface area contributed by atoms with E-state index >= 15 is 0 Å². The van der Waals surface area contributed by atoms with Crippen molar-refractivity contribution in [3.63, 3.8) is 0 Å². The van der Waals surface area contributed by atoms with Crippen LogP contribution in [-0.4, -0.2) is 38.0 Å². The van der Waals surface area contributed by atoms with Gasteiger partial charge in [-0.15, -0.1) is 0 Å². The van der Waals surface area contributed by atoms with Gasteiger partial charge in [0.05, 0.1) is 24.3 Å². The summed E-state index contributed by atoms with van der Waals surface area (Å²) in [6, 6.07) is 16.4. The van der Waals surface area contributed by atoms with Crippen LogP contribution in [0.15, 0.2) is 76.7 Å². The van der Waals surface area contributed by atoms with E-state index in [1.54, 1.807) is 24.3 Å². The molecule has 3 aromatic carbocycles. The van der Waals surface area contributed by atoms with E-state index < -0.39 is 34.8 Å². The standard InChI is InChI=1S/C24H22Cl2FN3O4S/c1-2-34-19-10-6-17(7-11-19)14-28-29-24(31)16-30(15-21-22(26)4-3-5-23(21)27)35(32,33)20-12-8-18(25)9-13-20/h3-14H,2,15-16H2,1H3,(H,29,31)/b28-14-. The lowest BCUT2D eigenvalue weighted by Crippen LogP contribution is -2.39. The topological polar surface area (TPSA) is 88.1 Å². The van der Waals surface area contributed by atoms with E-state index in [1.165, 1.54) is 42.6 Å². The first-order valence-electron chi connectivity index (χ1n) is 10.4. The third-order valence-electron chi connectivity index (χ3n) is 4.76. The third-order valence-corrected chi connectivity index (χ3v) is 7.17. The average molecular weight is 538 g/mol. The molecule has 1 amide bonds. The van der Waals surface area contributed by atoms with E-state index in [2.05, 4.69) is 10.5 Å². The van der Waals surface area contributed by atoms with E-state index in [0.717, 1.165) is 10.4 Å². The molecule has 0 aliphatic rings. The van der Waals surface area contributed by atoms with Crippen LogP contribution >= 0.6 is 23.2 Å². The van der Waals surface area contributed by atoms with Crippen LogP contribution in [-0.2, 0) is 21.4 Å². The molecule has 0 atom stereocenters. The van der Waals surface area contributed by atoms with Gasteiger partial charge in [0.1, 0.15) is 11.6 Å². The van der Waals surface area contributed by atoms with Crippen LogP contribution in [0.25, 0.3) is 0 Å². The molecule has 0 saturated carbocycles. The molecule has 0 spiro atoms. The minimum atomic E-state index is -4.21. The smallest absolute Gasteiger partial charge is 0.255 e. The Labute approximate surface area is 213 Å². The average Bonchev–Trinajstić information content (AvgIpc) is 2.82. The Morgan fingerprint density at radius 1 is 1.09 bits per heavy atom. The highest BCUT2D eigenvalue weighted by Crippen LogP contribution is 2.25. The number of rotatable bonds is 10. The molecule has 0 bridgehead atoms. The van der Waals surface area contributed by atoms with Crippen molar-refractivity contribution in [1.29, 1.82) is 0 Å². The fourth-order valence-corrected chi connectivity index (χ4v) is 4.75. The molecular formula is C24H22Cl2FN3O4S. The van der Waals surface area contributed by atoms with Crippen molar-refractivity contribution in [3.05, 3.63) is 93.7 Å². The summed E-state index contributed by atoms with van der Waals surface area (Å²) in [6.07, 6.45) is 1.40. The minimum absolute atomic E-state index is 0.0373. The van der Waals surface area contributed by atoms with E-state index in [1.807, 2.05) is 6.92 Å². The van der Waals surface area contributed by atoms with Crippen LogP contribution in [0.5, 0.6) is 5.75 Å². The molecule has 0 heterocycles. The molecule has 3 rings (SSSR count). The number of hydrazone groups is 1. The number of hydrogen-bond donors (Lipinski definition) is 1. The molecule has 3 aromatic rings. The number of hydrogen-bond acceptors (Lipinski definition) is 5. The van der Waals surface area contributed by atoms with Gasteiger partial charge in [-0.05, 0) is 73.2 Å². The largest absolute Gasteiger partial charge is 0.494 e. The zero-order valence-corrected chi connectivity index (χ0v) is 20.9. The quantitative estimate of drug-likeness (QED) is 0.295. The predicted octanol–water partition coefficient (Wildman–Crippen LogP) is 4.87. The number of nitrogens with one attached hydrogen (secondary N) is 1. The van der Waals surface area contributed by atoms with Gasteiger partial charge in [-0.2, -0.15) is 9.41 Å². The summed E-state index contributed by atoms with van der Waals surface area (Å²) < 4.78 is 47.1. The Balaban J connectivity index is 1.79. The lowest BCUT2D eigenvalue weighted by molar-refractivity contribution is -0.121. The van der Waals surface area contributed by atoms with E-state index in [0.29, 0.717) is 22.9 Å². The van der Waals surface area contributed by atoms with Crippen LogP contribution in [0.2, 0.25) is 10.0 Å². The molecule has 35 heavy (non-hydrogen) atoms. The van der Waals surface area contributed by atoms with Gasteiger partial charge >= 0.3 is 0 Å². The van der Waals surface area contributed by atoms with Gasteiger partial charge in [-0.1, -0.05) is 29.3 Å². The molecule has 0 fully saturated rings. The minimum Gasteiger partial charge on any atom is -0.494 e. The normalized spacial score (nSPS) is 11.7. The van der Waals surface area contributed by atoms with Crippen molar-refractivity contribution < 1.29 is 22.3 Å². The predicted molar refractivity (Wildman–Crippen MR) is 134 cm³/mol. The van der Waals surface area contributed by atoms with Gasteiger partial charge in [0.25, 0.3) is 5.91 Å². The number of ether oxygens (including phenoxy) is 1. The van der Waals surface area contributed by atoms with Crippen LogP contribution in [0.1, 0.15) is 18.1 Å². The van der Waals surface area contributed by atoms with Crippen molar-refractivity contribution in [3.8, 4) is 5.75 Å². The zero-order chi connectivity index (χ0) is 25.4. The Hall–Kier alpha value is -2.98. The number of nitrogens with zero attached hydrogens (tertiary/aromatic N) is 2. The first-order chi connectivity index (χ1) is 16.7. The van der Waals surface area contributed by atoms with E-state index in [-0.39, 0.29) is 15.5 Å². The number of carbonyl (C=O) groups excluding carboxylic acids is 1. The molecule has 1 N–H and O–H groups in total. The van der Waals surface area contributed by atoms with Crippen molar-refractivity contribution >= 4 is 45.3 Å². The van der Waals surface area contributed by atoms with Gasteiger partial charge in [-0.3, -0.25) is 4.79 Å². The zero-order valence-electron chi connectivity index (χ0n) is 18.6. The third kappa shape index (κ3) is 7.25. The Morgan fingerprint density at radius 2 is 1.77 bits per heavy atom. The summed E-state index contributed by atoms with van der Waals surface area (Å²) in [5.41, 5.74) is 2.93. The van der Waals surface area contributed by atoms with Crippen molar-refractivity contribution in [2.45, 2.75) is 18.4 Å². The SMILES string of the molecule is CCOc1ccc(/C=N\NC(=O)CN(Cc2c(F)cccc2Cl)S(=O)(=O)c2ccc(Cl)cc2)cc1. The lowest BCUT2D eigenvalue weighted by Gasteiger charge is -2.22. The molecule has 0 unspecified atom stereocenters. The van der Waals surface area contributed by atoms with Gasteiger partial charge < -0.3 is 4.74 Å². The van der Waals surface area contributed by atoms with Crippen LogP contribution in [0.3, 0.4) is 0 Å². The highest BCUT2D eigenvalue weighted by atomic mass is 35.5. The number of sulfonamides is 1. The second kappa shape index (κ2) is 12.1. The highest BCUT2D eigenvalue weighted by molar-refractivity contribution is 7.89. The number of halogens is 3. The second-order valence-corrected chi connectivity index (χ2v) is 10.0. The Morgan fingerprint density at radius 3 is 2.40 bits per heavy atom. The first kappa shape index (κ1) is 26.6. The van der Waals surface area contributed by atoms with Gasteiger partial charge in [0, 0.05) is 22.2 Å². The van der Waals surface area contributed by atoms with Crippen LogP contribution in [0, 0.1) is 5.82 Å².